The van der Waals surface area contributed by atoms with Crippen molar-refractivity contribution in [3.05, 3.63) is 45.6 Å². The lowest BCUT2D eigenvalue weighted by Gasteiger charge is -2.10. The highest BCUT2D eigenvalue weighted by Gasteiger charge is 2.27. The molecule has 1 aliphatic carbocycles. The van der Waals surface area contributed by atoms with Gasteiger partial charge in [-0.25, -0.2) is 18.2 Å². The maximum Gasteiger partial charge on any atom is 0.194 e. The summed E-state index contributed by atoms with van der Waals surface area (Å²) in [4.78, 5) is 7.35. The Morgan fingerprint density at radius 2 is 1.80 bits per heavy atom. The van der Waals surface area contributed by atoms with Crippen LogP contribution in [0.15, 0.2) is 12.1 Å². The molecular formula is C14H11F3N2S. The maximum atomic E-state index is 13.4. The average Bonchev–Trinajstić information content (AvgIpc) is 3.22. The summed E-state index contributed by atoms with van der Waals surface area (Å²) >= 11 is 5.17. The molecule has 1 aromatic heterocycles. The van der Waals surface area contributed by atoms with E-state index in [1.807, 2.05) is 0 Å². The summed E-state index contributed by atoms with van der Waals surface area (Å²) in [6.45, 7) is 1.72. The van der Waals surface area contributed by atoms with E-state index in [9.17, 15) is 13.2 Å². The van der Waals surface area contributed by atoms with Crippen LogP contribution in [0.25, 0.3) is 11.3 Å². The van der Waals surface area contributed by atoms with E-state index in [1.165, 1.54) is 0 Å². The first-order valence-electron chi connectivity index (χ1n) is 6.23. The zero-order valence-electron chi connectivity index (χ0n) is 10.6. The van der Waals surface area contributed by atoms with Gasteiger partial charge < -0.3 is 4.98 Å². The number of hydrogen-bond donors (Lipinski definition) is 1. The second kappa shape index (κ2) is 4.70. The molecule has 0 bridgehead atoms. The van der Waals surface area contributed by atoms with Crippen molar-refractivity contribution in [1.82, 2.24) is 9.97 Å². The highest BCUT2D eigenvalue weighted by molar-refractivity contribution is 7.71. The van der Waals surface area contributed by atoms with Crippen molar-refractivity contribution in [3.8, 4) is 11.3 Å². The lowest BCUT2D eigenvalue weighted by Crippen LogP contribution is -2.01. The Kier molecular flexibility index (Phi) is 3.12. The summed E-state index contributed by atoms with van der Waals surface area (Å²) in [5.41, 5.74) is 1.34. The minimum absolute atomic E-state index is 0.231. The zero-order valence-corrected chi connectivity index (χ0v) is 11.5. The van der Waals surface area contributed by atoms with Crippen LogP contribution >= 0.6 is 12.2 Å². The summed E-state index contributed by atoms with van der Waals surface area (Å²) in [5, 5.41) is 0. The van der Waals surface area contributed by atoms with Crippen LogP contribution in [0.1, 0.15) is 30.1 Å². The molecule has 2 nitrogen and oxygen atoms in total. The summed E-state index contributed by atoms with van der Waals surface area (Å²) in [6, 6.07) is 1.92. The van der Waals surface area contributed by atoms with E-state index in [1.54, 1.807) is 6.92 Å². The van der Waals surface area contributed by atoms with Gasteiger partial charge in [0.05, 0.1) is 5.69 Å². The Morgan fingerprint density at radius 3 is 2.35 bits per heavy atom. The van der Waals surface area contributed by atoms with Crippen LogP contribution in [-0.4, -0.2) is 9.97 Å². The molecule has 20 heavy (non-hydrogen) atoms. The van der Waals surface area contributed by atoms with Crippen LogP contribution in [0.4, 0.5) is 13.2 Å². The third kappa shape index (κ3) is 2.24. The molecule has 0 aliphatic heterocycles. The number of halogens is 3. The second-order valence-electron chi connectivity index (χ2n) is 4.96. The lowest BCUT2D eigenvalue weighted by atomic mass is 10.1. The molecule has 0 unspecified atom stereocenters. The van der Waals surface area contributed by atoms with E-state index < -0.39 is 17.5 Å². The SMILES string of the molecule is Cc1c(-c2cc(F)c(F)c(F)c2)[nH]c(C2CC2)nc1=S. The molecule has 0 radical (unpaired) electrons. The van der Waals surface area contributed by atoms with Gasteiger partial charge in [-0.3, -0.25) is 0 Å². The third-order valence-corrected chi connectivity index (χ3v) is 3.80. The van der Waals surface area contributed by atoms with Gasteiger partial charge in [0, 0.05) is 17.0 Å². The lowest BCUT2D eigenvalue weighted by molar-refractivity contribution is 0.447. The molecule has 1 saturated carbocycles. The normalized spacial score (nSPS) is 14.6. The number of nitrogens with one attached hydrogen (secondary N) is 1. The fourth-order valence-corrected chi connectivity index (χ4v) is 2.29. The van der Waals surface area contributed by atoms with Crippen molar-refractivity contribution in [2.75, 3.05) is 0 Å². The second-order valence-corrected chi connectivity index (χ2v) is 5.34. The van der Waals surface area contributed by atoms with E-state index >= 15 is 0 Å². The number of benzene rings is 1. The number of aromatic nitrogens is 2. The van der Waals surface area contributed by atoms with Crippen LogP contribution in [0, 0.1) is 29.0 Å². The van der Waals surface area contributed by atoms with Crippen molar-refractivity contribution in [2.24, 2.45) is 0 Å². The van der Waals surface area contributed by atoms with Crippen molar-refractivity contribution in [1.29, 1.82) is 0 Å². The molecule has 0 atom stereocenters. The highest BCUT2D eigenvalue weighted by Crippen LogP contribution is 2.39. The minimum atomic E-state index is -1.47. The maximum absolute atomic E-state index is 13.4. The number of nitrogens with zero attached hydrogens (tertiary/aromatic N) is 1. The topological polar surface area (TPSA) is 28.7 Å². The first-order valence-corrected chi connectivity index (χ1v) is 6.64. The fourth-order valence-electron chi connectivity index (χ4n) is 2.09. The van der Waals surface area contributed by atoms with E-state index in [4.69, 9.17) is 12.2 Å². The van der Waals surface area contributed by atoms with E-state index in [2.05, 4.69) is 9.97 Å². The number of aromatic amines is 1. The Balaban J connectivity index is 2.21. The van der Waals surface area contributed by atoms with Gasteiger partial charge in [-0.15, -0.1) is 0 Å². The molecule has 3 rings (SSSR count). The monoisotopic (exact) mass is 296 g/mol. The van der Waals surface area contributed by atoms with Crippen LogP contribution in [0.3, 0.4) is 0 Å². The molecule has 0 spiro atoms. The van der Waals surface area contributed by atoms with Gasteiger partial charge in [0.1, 0.15) is 10.5 Å². The van der Waals surface area contributed by atoms with Crippen LogP contribution in [0.5, 0.6) is 0 Å². The first-order chi connectivity index (χ1) is 9.47. The van der Waals surface area contributed by atoms with Gasteiger partial charge in [0.2, 0.25) is 0 Å². The average molecular weight is 296 g/mol. The largest absolute Gasteiger partial charge is 0.343 e. The number of hydrogen-bond acceptors (Lipinski definition) is 2. The number of H-pyrrole nitrogens is 1. The summed E-state index contributed by atoms with van der Waals surface area (Å²) in [7, 11) is 0. The molecule has 1 aromatic carbocycles. The molecule has 0 saturated heterocycles. The molecule has 1 heterocycles. The standard InChI is InChI=1S/C14H11F3N2S/c1-6-12(8-4-9(15)11(17)10(16)5-8)18-13(7-2-3-7)19-14(6)20/h4-5,7H,2-3H2,1H3,(H,18,19,20). The van der Waals surface area contributed by atoms with Crippen LogP contribution in [-0.2, 0) is 0 Å². The first kappa shape index (κ1) is 13.3. The molecule has 6 heteroatoms. The van der Waals surface area contributed by atoms with E-state index in [0.717, 1.165) is 30.8 Å². The van der Waals surface area contributed by atoms with Gasteiger partial charge in [0.15, 0.2) is 17.5 Å². The van der Waals surface area contributed by atoms with Gasteiger partial charge in [-0.05, 0) is 31.9 Å². The van der Waals surface area contributed by atoms with Gasteiger partial charge >= 0.3 is 0 Å². The van der Waals surface area contributed by atoms with Gasteiger partial charge in [-0.2, -0.15) is 0 Å². The Hall–Kier alpha value is -1.69. The minimum Gasteiger partial charge on any atom is -0.343 e. The Morgan fingerprint density at radius 1 is 1.20 bits per heavy atom. The van der Waals surface area contributed by atoms with Gasteiger partial charge in [0.25, 0.3) is 0 Å². The molecule has 104 valence electrons. The van der Waals surface area contributed by atoms with E-state index in [0.29, 0.717) is 21.8 Å². The third-order valence-electron chi connectivity index (χ3n) is 3.41. The van der Waals surface area contributed by atoms with Crippen molar-refractivity contribution < 1.29 is 13.2 Å². The molecule has 2 aromatic rings. The van der Waals surface area contributed by atoms with Gasteiger partial charge in [-0.1, -0.05) is 12.2 Å². The molecule has 1 N–H and O–H groups in total. The Bertz CT molecular complexity index is 728. The quantitative estimate of drug-likeness (QED) is 0.657. The highest BCUT2D eigenvalue weighted by atomic mass is 32.1. The van der Waals surface area contributed by atoms with E-state index in [-0.39, 0.29) is 5.56 Å². The molecule has 0 amide bonds. The smallest absolute Gasteiger partial charge is 0.194 e. The van der Waals surface area contributed by atoms with Crippen molar-refractivity contribution >= 4 is 12.2 Å². The van der Waals surface area contributed by atoms with Crippen molar-refractivity contribution in [2.45, 2.75) is 25.7 Å². The summed E-state index contributed by atoms with van der Waals surface area (Å²) < 4.78 is 40.1. The van der Waals surface area contributed by atoms with Crippen molar-refractivity contribution in [3.63, 3.8) is 0 Å². The Labute approximate surface area is 118 Å². The molecular weight excluding hydrogens is 285 g/mol. The predicted octanol–water partition coefficient (Wildman–Crippen LogP) is 4.41. The molecule has 1 fully saturated rings. The summed E-state index contributed by atoms with van der Waals surface area (Å²) in [5.74, 6) is -2.86. The fraction of sp³-hybridized carbons (Fsp3) is 0.286. The molecule has 1 aliphatic rings. The number of rotatable bonds is 2. The summed E-state index contributed by atoms with van der Waals surface area (Å²) in [6.07, 6.45) is 2.04. The van der Waals surface area contributed by atoms with Crippen LogP contribution < -0.4 is 0 Å². The van der Waals surface area contributed by atoms with Crippen LogP contribution in [0.2, 0.25) is 0 Å². The predicted molar refractivity (Wildman–Crippen MR) is 71.4 cm³/mol. The zero-order chi connectivity index (χ0) is 14.4.